The van der Waals surface area contributed by atoms with E-state index in [1.54, 1.807) is 24.3 Å². The number of nitrogens with zero attached hydrogens (tertiary/aromatic N) is 1. The minimum absolute atomic E-state index is 0.0565. The van der Waals surface area contributed by atoms with Gasteiger partial charge in [0, 0.05) is 13.0 Å². The van der Waals surface area contributed by atoms with Gasteiger partial charge in [0.2, 0.25) is 15.9 Å². The molecule has 0 heterocycles. The Morgan fingerprint density at radius 1 is 1.10 bits per heavy atom. The summed E-state index contributed by atoms with van der Waals surface area (Å²) >= 11 is 6.07. The van der Waals surface area contributed by atoms with Crippen LogP contribution in [0.4, 0.5) is 11.4 Å². The summed E-state index contributed by atoms with van der Waals surface area (Å²) in [5.41, 5.74) is 1.01. The van der Waals surface area contributed by atoms with E-state index in [9.17, 15) is 18.0 Å². The molecule has 1 amide bonds. The number of ether oxygens (including phenoxy) is 2. The normalized spacial score (nSPS) is 10.9. The number of esters is 1. The molecule has 0 saturated carbocycles. The van der Waals surface area contributed by atoms with Crippen LogP contribution in [0.25, 0.3) is 0 Å². The fraction of sp³-hybridized carbons (Fsp3) is 0.300. The van der Waals surface area contributed by atoms with Crippen LogP contribution in [0.5, 0.6) is 5.75 Å². The van der Waals surface area contributed by atoms with E-state index in [0.29, 0.717) is 11.4 Å². The lowest BCUT2D eigenvalue weighted by Crippen LogP contribution is -2.31. The average molecular weight is 455 g/mol. The van der Waals surface area contributed by atoms with Crippen LogP contribution in [-0.4, -0.2) is 47.3 Å². The molecule has 2 rings (SSSR count). The molecule has 0 aliphatic carbocycles. The summed E-state index contributed by atoms with van der Waals surface area (Å²) in [6.07, 6.45) is 1.44. The van der Waals surface area contributed by atoms with Crippen LogP contribution in [0.1, 0.15) is 23.2 Å². The van der Waals surface area contributed by atoms with Gasteiger partial charge >= 0.3 is 5.97 Å². The molecule has 0 aliphatic heterocycles. The van der Waals surface area contributed by atoms with Crippen molar-refractivity contribution in [3.05, 3.63) is 53.1 Å². The van der Waals surface area contributed by atoms with Gasteiger partial charge in [0.25, 0.3) is 0 Å². The molecule has 1 N–H and O–H groups in total. The average Bonchev–Trinajstić information content (AvgIpc) is 2.71. The Kier molecular flexibility index (Phi) is 8.08. The minimum atomic E-state index is -3.53. The first-order chi connectivity index (χ1) is 14.2. The SMILES string of the molecule is COC(=O)c1ccc(Cl)c(NC(=O)CCCN(c2ccc(OC)cc2)S(C)(=O)=O)c1. The van der Waals surface area contributed by atoms with E-state index in [1.165, 1.54) is 36.7 Å². The molecule has 0 atom stereocenters. The third-order valence-corrected chi connectivity index (χ3v) is 5.71. The molecular weight excluding hydrogens is 432 g/mol. The lowest BCUT2D eigenvalue weighted by atomic mass is 10.2. The third-order valence-electron chi connectivity index (χ3n) is 4.19. The number of nitrogens with one attached hydrogen (secondary N) is 1. The maximum absolute atomic E-state index is 12.3. The van der Waals surface area contributed by atoms with Gasteiger partial charge in [-0.2, -0.15) is 0 Å². The highest BCUT2D eigenvalue weighted by Gasteiger charge is 2.18. The van der Waals surface area contributed by atoms with Crippen LogP contribution in [0.2, 0.25) is 5.02 Å². The minimum Gasteiger partial charge on any atom is -0.497 e. The second-order valence-corrected chi connectivity index (χ2v) is 8.69. The second kappa shape index (κ2) is 10.3. The van der Waals surface area contributed by atoms with Crippen molar-refractivity contribution in [3.63, 3.8) is 0 Å². The quantitative estimate of drug-likeness (QED) is 0.583. The Morgan fingerprint density at radius 2 is 1.77 bits per heavy atom. The van der Waals surface area contributed by atoms with E-state index < -0.39 is 16.0 Å². The summed E-state index contributed by atoms with van der Waals surface area (Å²) in [5, 5.41) is 2.90. The van der Waals surface area contributed by atoms with Gasteiger partial charge in [-0.25, -0.2) is 13.2 Å². The molecule has 0 saturated heterocycles. The van der Waals surface area contributed by atoms with Gasteiger partial charge in [0.1, 0.15) is 5.75 Å². The predicted octanol–water partition coefficient (Wildman–Crippen LogP) is 3.32. The van der Waals surface area contributed by atoms with E-state index in [-0.39, 0.29) is 41.6 Å². The van der Waals surface area contributed by atoms with Crippen LogP contribution in [-0.2, 0) is 19.6 Å². The van der Waals surface area contributed by atoms with Crippen LogP contribution < -0.4 is 14.4 Å². The number of anilines is 2. The van der Waals surface area contributed by atoms with E-state index in [2.05, 4.69) is 10.1 Å². The number of benzene rings is 2. The van der Waals surface area contributed by atoms with Crippen molar-refractivity contribution < 1.29 is 27.5 Å². The Balaban J connectivity index is 2.01. The number of halogens is 1. The van der Waals surface area contributed by atoms with Gasteiger partial charge in [0.05, 0.1) is 42.4 Å². The Hall–Kier alpha value is -2.78. The number of hydrogen-bond donors (Lipinski definition) is 1. The summed E-state index contributed by atoms with van der Waals surface area (Å²) in [4.78, 5) is 23.9. The van der Waals surface area contributed by atoms with Crippen molar-refractivity contribution in [1.82, 2.24) is 0 Å². The number of carbonyl (C=O) groups excluding carboxylic acids is 2. The Labute approximate surface area is 180 Å². The highest BCUT2D eigenvalue weighted by atomic mass is 35.5. The molecule has 0 bridgehead atoms. The number of amides is 1. The molecule has 8 nitrogen and oxygen atoms in total. The van der Waals surface area contributed by atoms with E-state index in [4.69, 9.17) is 16.3 Å². The zero-order valence-electron chi connectivity index (χ0n) is 16.8. The van der Waals surface area contributed by atoms with Crippen molar-refractivity contribution in [2.24, 2.45) is 0 Å². The van der Waals surface area contributed by atoms with Crippen LogP contribution in [0.3, 0.4) is 0 Å². The summed E-state index contributed by atoms with van der Waals surface area (Å²) < 4.78 is 35.3. The molecule has 0 unspecified atom stereocenters. The van der Waals surface area contributed by atoms with Crippen molar-refractivity contribution >= 4 is 44.9 Å². The Bertz CT molecular complexity index is 1010. The van der Waals surface area contributed by atoms with Crippen molar-refractivity contribution in [3.8, 4) is 5.75 Å². The lowest BCUT2D eigenvalue weighted by molar-refractivity contribution is -0.116. The second-order valence-electron chi connectivity index (χ2n) is 6.37. The van der Waals surface area contributed by atoms with Gasteiger partial charge < -0.3 is 14.8 Å². The van der Waals surface area contributed by atoms with Crippen LogP contribution in [0, 0.1) is 0 Å². The van der Waals surface area contributed by atoms with Crippen molar-refractivity contribution in [1.29, 1.82) is 0 Å². The summed E-state index contributed by atoms with van der Waals surface area (Å²) in [6.45, 7) is 0.120. The fourth-order valence-corrected chi connectivity index (χ4v) is 3.83. The molecular formula is C20H23ClN2O6S. The van der Waals surface area contributed by atoms with Crippen LogP contribution in [0.15, 0.2) is 42.5 Å². The Morgan fingerprint density at radius 3 is 2.33 bits per heavy atom. The van der Waals surface area contributed by atoms with Gasteiger partial charge in [-0.1, -0.05) is 11.6 Å². The number of carbonyl (C=O) groups is 2. The largest absolute Gasteiger partial charge is 0.497 e. The topological polar surface area (TPSA) is 102 Å². The number of sulfonamides is 1. The number of methoxy groups -OCH3 is 2. The molecule has 0 aromatic heterocycles. The fourth-order valence-electron chi connectivity index (χ4n) is 2.70. The molecule has 30 heavy (non-hydrogen) atoms. The standard InChI is InChI=1S/C20H23ClN2O6S/c1-28-16-9-7-15(8-10-16)23(30(3,26)27)12-4-5-19(24)22-18-13-14(20(25)29-2)6-11-17(18)21/h6-11,13H,4-5,12H2,1-3H3,(H,22,24). The maximum atomic E-state index is 12.3. The van der Waals surface area contributed by atoms with Crippen LogP contribution >= 0.6 is 11.6 Å². The van der Waals surface area contributed by atoms with E-state index in [0.717, 1.165) is 6.26 Å². The zero-order chi connectivity index (χ0) is 22.3. The first kappa shape index (κ1) is 23.5. The van der Waals surface area contributed by atoms with Crippen molar-refractivity contribution in [2.75, 3.05) is 36.6 Å². The predicted molar refractivity (Wildman–Crippen MR) is 116 cm³/mol. The molecule has 0 radical (unpaired) electrons. The number of rotatable bonds is 9. The number of hydrogen-bond acceptors (Lipinski definition) is 6. The lowest BCUT2D eigenvalue weighted by Gasteiger charge is -2.22. The molecule has 2 aromatic carbocycles. The molecule has 2 aromatic rings. The highest BCUT2D eigenvalue weighted by molar-refractivity contribution is 7.92. The van der Waals surface area contributed by atoms with Gasteiger partial charge in [0.15, 0.2) is 0 Å². The smallest absolute Gasteiger partial charge is 0.337 e. The monoisotopic (exact) mass is 454 g/mol. The molecule has 0 fully saturated rings. The summed E-state index contributed by atoms with van der Waals surface area (Å²) in [5.74, 6) is -0.301. The molecule has 162 valence electrons. The third kappa shape index (κ3) is 6.36. The van der Waals surface area contributed by atoms with Gasteiger partial charge in [-0.3, -0.25) is 9.10 Å². The van der Waals surface area contributed by atoms with Gasteiger partial charge in [-0.15, -0.1) is 0 Å². The molecule has 10 heteroatoms. The highest BCUT2D eigenvalue weighted by Crippen LogP contribution is 2.24. The maximum Gasteiger partial charge on any atom is 0.337 e. The zero-order valence-corrected chi connectivity index (χ0v) is 18.4. The molecule has 0 spiro atoms. The first-order valence-corrected chi connectivity index (χ1v) is 11.2. The van der Waals surface area contributed by atoms with E-state index in [1.807, 2.05) is 0 Å². The van der Waals surface area contributed by atoms with Gasteiger partial charge in [-0.05, 0) is 48.9 Å². The summed E-state index contributed by atoms with van der Waals surface area (Å²) in [6, 6.07) is 11.0. The first-order valence-electron chi connectivity index (χ1n) is 8.95. The molecule has 0 aliphatic rings. The summed E-state index contributed by atoms with van der Waals surface area (Å²) in [7, 11) is -0.752. The van der Waals surface area contributed by atoms with Crippen molar-refractivity contribution in [2.45, 2.75) is 12.8 Å². The van der Waals surface area contributed by atoms with E-state index >= 15 is 0 Å².